The minimum absolute atomic E-state index is 0.180. The molecule has 0 saturated carbocycles. The molecule has 4 rings (SSSR count). The number of rotatable bonds is 3. The first kappa shape index (κ1) is 14.3. The number of halogens is 1. The molecule has 0 saturated heterocycles. The third-order valence-electron chi connectivity index (χ3n) is 3.31. The highest BCUT2D eigenvalue weighted by atomic mass is 35.5. The minimum Gasteiger partial charge on any atom is -0.382 e. The smallest absolute Gasteiger partial charge is 0.282 e. The van der Waals surface area contributed by atoms with Crippen LogP contribution in [-0.4, -0.2) is 30.1 Å². The Morgan fingerprint density at radius 1 is 1.17 bits per heavy atom. The van der Waals surface area contributed by atoms with E-state index in [2.05, 4.69) is 25.4 Å². The molecule has 3 aromatic heterocycles. The minimum atomic E-state index is 0.180. The molecule has 0 amide bonds. The molecule has 8 nitrogen and oxygen atoms in total. The van der Waals surface area contributed by atoms with Gasteiger partial charge in [0, 0.05) is 23.0 Å². The van der Waals surface area contributed by atoms with Crippen molar-refractivity contribution in [2.75, 3.05) is 5.73 Å². The Morgan fingerprint density at radius 3 is 2.88 bits per heavy atom. The second kappa shape index (κ2) is 5.74. The van der Waals surface area contributed by atoms with E-state index in [0.29, 0.717) is 22.2 Å². The van der Waals surface area contributed by atoms with E-state index in [4.69, 9.17) is 21.9 Å². The van der Waals surface area contributed by atoms with Gasteiger partial charge in [0.2, 0.25) is 5.82 Å². The number of anilines is 1. The molecule has 0 aliphatic carbocycles. The van der Waals surface area contributed by atoms with Crippen LogP contribution in [0.5, 0.6) is 0 Å². The number of nitrogen functional groups attached to an aromatic ring is 1. The van der Waals surface area contributed by atoms with E-state index >= 15 is 0 Å². The van der Waals surface area contributed by atoms with E-state index in [9.17, 15) is 0 Å². The van der Waals surface area contributed by atoms with E-state index in [0.717, 1.165) is 5.56 Å². The van der Waals surface area contributed by atoms with Crippen molar-refractivity contribution in [1.29, 1.82) is 0 Å². The van der Waals surface area contributed by atoms with Crippen LogP contribution in [0.15, 0.2) is 53.3 Å². The first-order chi connectivity index (χ1) is 11.7. The molecule has 0 fully saturated rings. The predicted octanol–water partition coefficient (Wildman–Crippen LogP) is 2.61. The van der Waals surface area contributed by atoms with Gasteiger partial charge in [0.15, 0.2) is 11.5 Å². The second-order valence-electron chi connectivity index (χ2n) is 4.88. The van der Waals surface area contributed by atoms with Crippen LogP contribution in [0.4, 0.5) is 5.82 Å². The normalized spacial score (nSPS) is 10.9. The lowest BCUT2D eigenvalue weighted by atomic mass is 10.3. The summed E-state index contributed by atoms with van der Waals surface area (Å²) in [5.41, 5.74) is 7.84. The van der Waals surface area contributed by atoms with Crippen LogP contribution in [0, 0.1) is 0 Å². The highest BCUT2D eigenvalue weighted by Crippen LogP contribution is 2.26. The van der Waals surface area contributed by atoms with Gasteiger partial charge in [0.05, 0.1) is 5.69 Å². The van der Waals surface area contributed by atoms with Crippen LogP contribution in [-0.2, 0) is 0 Å². The van der Waals surface area contributed by atoms with Crippen molar-refractivity contribution in [1.82, 2.24) is 30.1 Å². The van der Waals surface area contributed by atoms with E-state index < -0.39 is 0 Å². The number of pyridine rings is 1. The summed E-state index contributed by atoms with van der Waals surface area (Å²) in [6, 6.07) is 10.7. The van der Waals surface area contributed by atoms with Crippen LogP contribution in [0.2, 0.25) is 5.02 Å². The number of hydrogen-bond donors (Lipinski definition) is 1. The van der Waals surface area contributed by atoms with Crippen LogP contribution < -0.4 is 5.73 Å². The van der Waals surface area contributed by atoms with Gasteiger partial charge in [-0.15, -0.1) is 5.10 Å². The summed E-state index contributed by atoms with van der Waals surface area (Å²) in [4.78, 5) is 8.32. The standard InChI is InChI=1S/C15H10ClN7O/c16-10-4-1-5-11(7-10)23-13(17)12(20-22-23)15-19-14(21-24-15)9-3-2-6-18-8-9/h1-8H,17H2. The lowest BCUT2D eigenvalue weighted by Crippen LogP contribution is -2.02. The molecule has 3 heterocycles. The van der Waals surface area contributed by atoms with Gasteiger partial charge in [0.1, 0.15) is 0 Å². The van der Waals surface area contributed by atoms with Crippen molar-refractivity contribution in [3.8, 4) is 28.7 Å². The molecule has 2 N–H and O–H groups in total. The van der Waals surface area contributed by atoms with Gasteiger partial charge in [-0.05, 0) is 30.3 Å². The van der Waals surface area contributed by atoms with Gasteiger partial charge >= 0.3 is 0 Å². The maximum Gasteiger partial charge on any atom is 0.282 e. The fourth-order valence-corrected chi connectivity index (χ4v) is 2.36. The van der Waals surface area contributed by atoms with Gasteiger partial charge in [-0.1, -0.05) is 28.0 Å². The van der Waals surface area contributed by atoms with Gasteiger partial charge < -0.3 is 10.3 Å². The van der Waals surface area contributed by atoms with Gasteiger partial charge in [-0.2, -0.15) is 9.67 Å². The number of nitrogens with two attached hydrogens (primary N) is 1. The molecular weight excluding hydrogens is 330 g/mol. The molecule has 0 radical (unpaired) electrons. The Kier molecular flexibility index (Phi) is 3.43. The SMILES string of the molecule is Nc1c(-c2nc(-c3cccnc3)no2)nnn1-c1cccc(Cl)c1. The number of aromatic nitrogens is 6. The maximum absolute atomic E-state index is 6.12. The monoisotopic (exact) mass is 339 g/mol. The van der Waals surface area contributed by atoms with E-state index in [-0.39, 0.29) is 11.7 Å². The Morgan fingerprint density at radius 2 is 2.08 bits per heavy atom. The van der Waals surface area contributed by atoms with Crippen molar-refractivity contribution in [2.24, 2.45) is 0 Å². The summed E-state index contributed by atoms with van der Waals surface area (Å²) in [6.45, 7) is 0. The van der Waals surface area contributed by atoms with Crippen LogP contribution in [0.25, 0.3) is 28.7 Å². The zero-order valence-electron chi connectivity index (χ0n) is 12.2. The Labute approximate surface area is 140 Å². The van der Waals surface area contributed by atoms with Crippen LogP contribution >= 0.6 is 11.6 Å². The Balaban J connectivity index is 1.73. The van der Waals surface area contributed by atoms with Crippen molar-refractivity contribution in [2.45, 2.75) is 0 Å². The first-order valence-electron chi connectivity index (χ1n) is 6.94. The quantitative estimate of drug-likeness (QED) is 0.611. The molecule has 1 aromatic carbocycles. The average Bonchev–Trinajstić information content (AvgIpc) is 3.22. The van der Waals surface area contributed by atoms with Crippen LogP contribution in [0.1, 0.15) is 0 Å². The topological polar surface area (TPSA) is 109 Å². The molecule has 9 heteroatoms. The van der Waals surface area contributed by atoms with E-state index in [1.54, 1.807) is 36.7 Å². The first-order valence-corrected chi connectivity index (χ1v) is 7.32. The predicted molar refractivity (Wildman–Crippen MR) is 87.3 cm³/mol. The summed E-state index contributed by atoms with van der Waals surface area (Å²) in [5.74, 6) is 0.855. The largest absolute Gasteiger partial charge is 0.382 e. The summed E-state index contributed by atoms with van der Waals surface area (Å²) in [5, 5.41) is 12.6. The van der Waals surface area contributed by atoms with Crippen molar-refractivity contribution >= 4 is 17.4 Å². The third-order valence-corrected chi connectivity index (χ3v) is 3.54. The Hall–Kier alpha value is -3.26. The fraction of sp³-hybridized carbons (Fsp3) is 0. The number of hydrogen-bond acceptors (Lipinski definition) is 7. The third kappa shape index (κ3) is 2.48. The van der Waals surface area contributed by atoms with Crippen molar-refractivity contribution in [3.05, 3.63) is 53.8 Å². The van der Waals surface area contributed by atoms with Gasteiger partial charge in [-0.3, -0.25) is 4.98 Å². The number of nitrogens with zero attached hydrogens (tertiary/aromatic N) is 6. The lowest BCUT2D eigenvalue weighted by molar-refractivity contribution is 0.431. The molecule has 0 aliphatic heterocycles. The average molecular weight is 340 g/mol. The molecule has 0 atom stereocenters. The molecule has 118 valence electrons. The summed E-state index contributed by atoms with van der Waals surface area (Å²) < 4.78 is 6.70. The summed E-state index contributed by atoms with van der Waals surface area (Å²) >= 11 is 5.99. The van der Waals surface area contributed by atoms with Crippen LogP contribution in [0.3, 0.4) is 0 Å². The van der Waals surface area contributed by atoms with Gasteiger partial charge in [0.25, 0.3) is 5.89 Å². The lowest BCUT2D eigenvalue weighted by Gasteiger charge is -2.02. The maximum atomic E-state index is 6.12. The zero-order valence-corrected chi connectivity index (χ0v) is 12.9. The fourth-order valence-electron chi connectivity index (χ4n) is 2.17. The molecule has 0 aliphatic rings. The van der Waals surface area contributed by atoms with Crippen molar-refractivity contribution < 1.29 is 4.52 Å². The van der Waals surface area contributed by atoms with E-state index in [1.807, 2.05) is 12.1 Å². The zero-order chi connectivity index (χ0) is 16.5. The highest BCUT2D eigenvalue weighted by molar-refractivity contribution is 6.30. The Bertz CT molecular complexity index is 996. The summed E-state index contributed by atoms with van der Waals surface area (Å²) in [6.07, 6.45) is 3.31. The molecule has 24 heavy (non-hydrogen) atoms. The molecule has 0 bridgehead atoms. The second-order valence-corrected chi connectivity index (χ2v) is 5.32. The molecule has 0 spiro atoms. The molecule has 0 unspecified atom stereocenters. The number of benzene rings is 1. The van der Waals surface area contributed by atoms with Crippen molar-refractivity contribution in [3.63, 3.8) is 0 Å². The molecular formula is C15H10ClN7O. The van der Waals surface area contributed by atoms with Gasteiger partial charge in [-0.25, -0.2) is 0 Å². The summed E-state index contributed by atoms with van der Waals surface area (Å²) in [7, 11) is 0. The molecule has 4 aromatic rings. The highest BCUT2D eigenvalue weighted by Gasteiger charge is 2.19. The van der Waals surface area contributed by atoms with E-state index in [1.165, 1.54) is 4.68 Å².